The molecule has 6 nitrogen and oxygen atoms in total. The van der Waals surface area contributed by atoms with E-state index in [0.717, 1.165) is 25.9 Å². The van der Waals surface area contributed by atoms with Crippen molar-refractivity contribution >= 4 is 27.7 Å². The molecule has 0 aromatic heterocycles. The molecule has 1 fully saturated rings. The van der Waals surface area contributed by atoms with E-state index in [0.29, 0.717) is 24.3 Å². The molecule has 2 aromatic rings. The Kier molecular flexibility index (Phi) is 6.49. The number of amides is 1. The maximum absolute atomic E-state index is 12.7. The lowest BCUT2D eigenvalue weighted by Crippen LogP contribution is -2.48. The van der Waals surface area contributed by atoms with Gasteiger partial charge in [-0.15, -0.1) is 0 Å². The smallest absolute Gasteiger partial charge is 0.253 e. The summed E-state index contributed by atoms with van der Waals surface area (Å²) in [5.41, 5.74) is 2.20. The zero-order chi connectivity index (χ0) is 20.0. The summed E-state index contributed by atoms with van der Waals surface area (Å²) in [4.78, 5) is 16.8. The molecule has 0 atom stereocenters. The molecule has 0 radical (unpaired) electrons. The number of nitrogens with one attached hydrogen (secondary N) is 1. The highest BCUT2D eigenvalue weighted by atomic mass is 32.2. The SMILES string of the molecule is CS(=O)(=O)Nc1ccc(C(=O)N2CCN(CC=Cc3ccccc3)CC2)cc1. The first kappa shape index (κ1) is 20.1. The van der Waals surface area contributed by atoms with Crippen LogP contribution in [0.1, 0.15) is 15.9 Å². The fourth-order valence-electron chi connectivity index (χ4n) is 3.11. The Bertz CT molecular complexity index is 917. The minimum atomic E-state index is -3.32. The van der Waals surface area contributed by atoms with Gasteiger partial charge >= 0.3 is 0 Å². The van der Waals surface area contributed by atoms with Gasteiger partial charge in [0, 0.05) is 44.0 Å². The molecule has 7 heteroatoms. The van der Waals surface area contributed by atoms with E-state index in [4.69, 9.17) is 0 Å². The summed E-state index contributed by atoms with van der Waals surface area (Å²) in [5.74, 6) is -0.0228. The summed E-state index contributed by atoms with van der Waals surface area (Å²) in [7, 11) is -3.32. The fourth-order valence-corrected chi connectivity index (χ4v) is 3.68. The topological polar surface area (TPSA) is 69.7 Å². The zero-order valence-corrected chi connectivity index (χ0v) is 16.7. The Morgan fingerprint density at radius 3 is 2.25 bits per heavy atom. The molecule has 1 aliphatic heterocycles. The fraction of sp³-hybridized carbons (Fsp3) is 0.286. The Labute approximate surface area is 166 Å². The van der Waals surface area contributed by atoms with E-state index in [1.807, 2.05) is 23.1 Å². The van der Waals surface area contributed by atoms with Crippen molar-refractivity contribution in [3.63, 3.8) is 0 Å². The normalized spacial score (nSPS) is 15.7. The minimum Gasteiger partial charge on any atom is -0.336 e. The van der Waals surface area contributed by atoms with Gasteiger partial charge in [-0.25, -0.2) is 8.42 Å². The molecule has 0 unspecified atom stereocenters. The standard InChI is InChI=1S/C21H25N3O3S/c1-28(26,27)22-20-11-9-19(10-12-20)21(25)24-16-14-23(15-17-24)13-5-8-18-6-3-2-4-7-18/h2-12,22H,13-17H2,1H3. The zero-order valence-electron chi connectivity index (χ0n) is 15.9. The van der Waals surface area contributed by atoms with Crippen LogP contribution in [0.3, 0.4) is 0 Å². The van der Waals surface area contributed by atoms with Gasteiger partial charge in [0.15, 0.2) is 0 Å². The van der Waals surface area contributed by atoms with Gasteiger partial charge in [-0.1, -0.05) is 42.5 Å². The second-order valence-electron chi connectivity index (χ2n) is 6.86. The molecule has 0 saturated carbocycles. The van der Waals surface area contributed by atoms with E-state index < -0.39 is 10.0 Å². The van der Waals surface area contributed by atoms with E-state index in [-0.39, 0.29) is 5.91 Å². The molecule has 1 aliphatic rings. The van der Waals surface area contributed by atoms with E-state index >= 15 is 0 Å². The number of carbonyl (C=O) groups is 1. The van der Waals surface area contributed by atoms with Gasteiger partial charge in [0.05, 0.1) is 6.26 Å². The molecular formula is C21H25N3O3S. The molecule has 148 valence electrons. The van der Waals surface area contributed by atoms with Crippen molar-refractivity contribution in [2.24, 2.45) is 0 Å². The number of benzene rings is 2. The van der Waals surface area contributed by atoms with Gasteiger partial charge in [0.25, 0.3) is 5.91 Å². The summed E-state index contributed by atoms with van der Waals surface area (Å²) < 4.78 is 24.9. The monoisotopic (exact) mass is 399 g/mol. The molecule has 1 amide bonds. The summed E-state index contributed by atoms with van der Waals surface area (Å²) in [6, 6.07) is 16.7. The first-order chi connectivity index (χ1) is 13.4. The highest BCUT2D eigenvalue weighted by Crippen LogP contribution is 2.14. The summed E-state index contributed by atoms with van der Waals surface area (Å²) in [6.45, 7) is 3.89. The Balaban J connectivity index is 1.49. The van der Waals surface area contributed by atoms with E-state index in [1.165, 1.54) is 5.56 Å². The minimum absolute atomic E-state index is 0.0228. The Hall–Kier alpha value is -2.64. The number of anilines is 1. The summed E-state index contributed by atoms with van der Waals surface area (Å²) >= 11 is 0. The van der Waals surface area contributed by atoms with Crippen LogP contribution >= 0.6 is 0 Å². The number of hydrogen-bond donors (Lipinski definition) is 1. The van der Waals surface area contributed by atoms with Crippen molar-refractivity contribution in [1.29, 1.82) is 0 Å². The van der Waals surface area contributed by atoms with E-state index in [1.54, 1.807) is 24.3 Å². The van der Waals surface area contributed by atoms with Crippen LogP contribution in [-0.4, -0.2) is 63.1 Å². The number of nitrogens with zero attached hydrogens (tertiary/aromatic N) is 2. The first-order valence-corrected chi connectivity index (χ1v) is 11.1. The quantitative estimate of drug-likeness (QED) is 0.810. The van der Waals surface area contributed by atoms with Crippen molar-refractivity contribution in [3.8, 4) is 0 Å². The third-order valence-corrected chi connectivity index (χ3v) is 5.17. The lowest BCUT2D eigenvalue weighted by molar-refractivity contribution is 0.0650. The van der Waals surface area contributed by atoms with E-state index in [9.17, 15) is 13.2 Å². The van der Waals surface area contributed by atoms with Crippen molar-refractivity contribution in [2.75, 3.05) is 43.7 Å². The van der Waals surface area contributed by atoms with Gasteiger partial charge in [-0.05, 0) is 29.8 Å². The molecule has 2 aromatic carbocycles. The lowest BCUT2D eigenvalue weighted by atomic mass is 10.1. The molecule has 0 spiro atoms. The lowest BCUT2D eigenvalue weighted by Gasteiger charge is -2.34. The van der Waals surface area contributed by atoms with Crippen molar-refractivity contribution in [2.45, 2.75) is 0 Å². The number of carbonyl (C=O) groups excluding carboxylic acids is 1. The average molecular weight is 400 g/mol. The number of piperazine rings is 1. The van der Waals surface area contributed by atoms with Gasteiger partial charge in [-0.3, -0.25) is 14.4 Å². The van der Waals surface area contributed by atoms with Gasteiger partial charge in [0.2, 0.25) is 10.0 Å². The number of sulfonamides is 1. The third kappa shape index (κ3) is 5.94. The van der Waals surface area contributed by atoms with Crippen LogP contribution in [0.2, 0.25) is 0 Å². The summed E-state index contributed by atoms with van der Waals surface area (Å²) in [6.07, 6.45) is 5.37. The second-order valence-corrected chi connectivity index (χ2v) is 8.61. The van der Waals surface area contributed by atoms with Gasteiger partial charge in [-0.2, -0.15) is 0 Å². The highest BCUT2D eigenvalue weighted by Gasteiger charge is 2.21. The Morgan fingerprint density at radius 1 is 1.00 bits per heavy atom. The number of hydrogen-bond acceptors (Lipinski definition) is 4. The van der Waals surface area contributed by atoms with Crippen molar-refractivity contribution in [1.82, 2.24) is 9.80 Å². The first-order valence-electron chi connectivity index (χ1n) is 9.22. The molecule has 0 bridgehead atoms. The Morgan fingerprint density at radius 2 is 1.64 bits per heavy atom. The third-order valence-electron chi connectivity index (χ3n) is 4.57. The predicted molar refractivity (Wildman–Crippen MR) is 113 cm³/mol. The second kappa shape index (κ2) is 9.03. The predicted octanol–water partition coefficient (Wildman–Crippen LogP) is 2.53. The van der Waals surface area contributed by atoms with Crippen LogP contribution in [0, 0.1) is 0 Å². The van der Waals surface area contributed by atoms with Gasteiger partial charge in [0.1, 0.15) is 0 Å². The molecule has 0 aliphatic carbocycles. The number of rotatable bonds is 6. The molecule has 28 heavy (non-hydrogen) atoms. The van der Waals surface area contributed by atoms with Crippen molar-refractivity contribution in [3.05, 3.63) is 71.8 Å². The molecule has 1 heterocycles. The van der Waals surface area contributed by atoms with Crippen LogP contribution in [0.25, 0.3) is 6.08 Å². The van der Waals surface area contributed by atoms with E-state index in [2.05, 4.69) is 33.9 Å². The van der Waals surface area contributed by atoms with Crippen LogP contribution in [0.4, 0.5) is 5.69 Å². The van der Waals surface area contributed by atoms with Crippen LogP contribution in [0.15, 0.2) is 60.7 Å². The van der Waals surface area contributed by atoms with Crippen LogP contribution in [-0.2, 0) is 10.0 Å². The van der Waals surface area contributed by atoms with Gasteiger partial charge < -0.3 is 4.90 Å². The maximum atomic E-state index is 12.7. The average Bonchev–Trinajstić information content (AvgIpc) is 2.68. The van der Waals surface area contributed by atoms with Crippen LogP contribution in [0.5, 0.6) is 0 Å². The summed E-state index contributed by atoms with van der Waals surface area (Å²) in [5, 5.41) is 0. The maximum Gasteiger partial charge on any atom is 0.253 e. The van der Waals surface area contributed by atoms with Crippen LogP contribution < -0.4 is 4.72 Å². The molecule has 1 N–H and O–H groups in total. The molecular weight excluding hydrogens is 374 g/mol. The highest BCUT2D eigenvalue weighted by molar-refractivity contribution is 7.92. The van der Waals surface area contributed by atoms with Crippen molar-refractivity contribution < 1.29 is 13.2 Å². The largest absolute Gasteiger partial charge is 0.336 e. The molecule has 3 rings (SSSR count). The molecule has 1 saturated heterocycles.